The molecular weight excluding hydrogens is 682 g/mol. The van der Waals surface area contributed by atoms with Crippen molar-refractivity contribution in [2.75, 3.05) is 10.8 Å². The molecule has 4 aromatic carbocycles. The van der Waals surface area contributed by atoms with Crippen LogP contribution in [0, 0.1) is 5.82 Å². The maximum Gasteiger partial charge on any atom is 0.416 e. The second-order valence-corrected chi connectivity index (χ2v) is 14.1. The van der Waals surface area contributed by atoms with Crippen LogP contribution in [0.15, 0.2) is 108 Å². The van der Waals surface area contributed by atoms with Gasteiger partial charge in [-0.25, -0.2) is 12.8 Å². The lowest BCUT2D eigenvalue weighted by Crippen LogP contribution is -2.54. The Labute approximate surface area is 287 Å². The molecule has 13 heteroatoms. The highest BCUT2D eigenvalue weighted by Crippen LogP contribution is 2.37. The second-order valence-electron chi connectivity index (χ2n) is 11.8. The number of nitrogens with zero attached hydrogens (tertiary/aromatic N) is 2. The minimum atomic E-state index is -4.85. The number of amides is 2. The van der Waals surface area contributed by atoms with Gasteiger partial charge in [0.2, 0.25) is 11.8 Å². The van der Waals surface area contributed by atoms with Gasteiger partial charge >= 0.3 is 6.18 Å². The highest BCUT2D eigenvalue weighted by Gasteiger charge is 2.38. The molecule has 4 aromatic rings. The summed E-state index contributed by atoms with van der Waals surface area (Å²) in [7, 11) is -4.69. The average Bonchev–Trinajstić information content (AvgIpc) is 3.59. The van der Waals surface area contributed by atoms with Gasteiger partial charge in [0.15, 0.2) is 0 Å². The minimum absolute atomic E-state index is 0.0437. The molecule has 0 saturated heterocycles. The van der Waals surface area contributed by atoms with Gasteiger partial charge in [0.1, 0.15) is 18.4 Å². The molecule has 0 aliphatic heterocycles. The summed E-state index contributed by atoms with van der Waals surface area (Å²) in [5.41, 5.74) is -0.587. The molecule has 0 aromatic heterocycles. The Balaban J connectivity index is 1.61. The number of nitrogens with one attached hydrogen (secondary N) is 1. The molecule has 0 bridgehead atoms. The van der Waals surface area contributed by atoms with Crippen molar-refractivity contribution in [3.05, 3.63) is 131 Å². The highest BCUT2D eigenvalue weighted by molar-refractivity contribution is 7.92. The molecule has 0 spiro atoms. The molecule has 0 heterocycles. The summed E-state index contributed by atoms with van der Waals surface area (Å²) in [6, 6.07) is 22.0. The zero-order chi connectivity index (χ0) is 35.2. The van der Waals surface area contributed by atoms with Gasteiger partial charge in [0, 0.05) is 19.0 Å². The molecule has 49 heavy (non-hydrogen) atoms. The molecule has 1 aliphatic carbocycles. The number of rotatable bonds is 12. The third-order valence-electron chi connectivity index (χ3n) is 8.39. The van der Waals surface area contributed by atoms with Gasteiger partial charge in [-0.1, -0.05) is 85.1 Å². The Morgan fingerprint density at radius 1 is 0.857 bits per heavy atom. The van der Waals surface area contributed by atoms with Crippen molar-refractivity contribution in [2.24, 2.45) is 0 Å². The lowest BCUT2D eigenvalue weighted by atomic mass is 10.0. The first-order valence-electron chi connectivity index (χ1n) is 15.7. The molecule has 1 unspecified atom stereocenters. The summed E-state index contributed by atoms with van der Waals surface area (Å²) >= 11 is 6.36. The zero-order valence-corrected chi connectivity index (χ0v) is 27.8. The first kappa shape index (κ1) is 35.9. The molecule has 7 nitrogen and oxygen atoms in total. The van der Waals surface area contributed by atoms with Gasteiger partial charge in [-0.3, -0.25) is 13.9 Å². The van der Waals surface area contributed by atoms with Crippen LogP contribution in [-0.2, 0) is 38.8 Å². The van der Waals surface area contributed by atoms with Gasteiger partial charge in [-0.15, -0.1) is 0 Å². The smallest absolute Gasteiger partial charge is 0.352 e. The summed E-state index contributed by atoms with van der Waals surface area (Å²) < 4.78 is 84.2. The molecule has 1 saturated carbocycles. The number of carbonyl (C=O) groups excluding carboxylic acids is 2. The maximum absolute atomic E-state index is 14.5. The predicted molar refractivity (Wildman–Crippen MR) is 179 cm³/mol. The standard InChI is InChI=1S/C36H34ClF4N3O4S/c37-31-20-17-27(36(39,40)41)22-32(31)44(49(47,48)30-13-5-2-6-14-30)24-34(45)43(23-26-15-18-28(38)19-16-26)33(21-25-9-3-1-4-10-25)35(46)42-29-11-7-8-12-29/h1-6,9-10,13-20,22,29,33H,7-8,11-12,21,23-24H2,(H,42,46). The molecule has 0 radical (unpaired) electrons. The van der Waals surface area contributed by atoms with Crippen LogP contribution in [0.3, 0.4) is 0 Å². The molecule has 2 amide bonds. The van der Waals surface area contributed by atoms with Crippen LogP contribution in [-0.4, -0.2) is 43.8 Å². The number of anilines is 1. The highest BCUT2D eigenvalue weighted by atomic mass is 35.5. The van der Waals surface area contributed by atoms with E-state index in [1.165, 1.54) is 53.4 Å². The van der Waals surface area contributed by atoms with E-state index >= 15 is 0 Å². The van der Waals surface area contributed by atoms with Crippen LogP contribution in [0.4, 0.5) is 23.2 Å². The third kappa shape index (κ3) is 8.98. The summed E-state index contributed by atoms with van der Waals surface area (Å²) in [5.74, 6) is -1.89. The van der Waals surface area contributed by atoms with E-state index in [0.29, 0.717) is 27.6 Å². The molecule has 5 rings (SSSR count). The molecule has 1 fully saturated rings. The van der Waals surface area contributed by atoms with Crippen LogP contribution < -0.4 is 9.62 Å². The lowest BCUT2D eigenvalue weighted by molar-refractivity contribution is -0.140. The number of halogens is 5. The number of hydrogen-bond donors (Lipinski definition) is 1. The van der Waals surface area contributed by atoms with Crippen molar-refractivity contribution in [3.8, 4) is 0 Å². The van der Waals surface area contributed by atoms with Crippen molar-refractivity contribution in [1.82, 2.24) is 10.2 Å². The SMILES string of the molecule is O=C(NC1CCCC1)C(Cc1ccccc1)N(Cc1ccc(F)cc1)C(=O)CN(c1cc(C(F)(F)F)ccc1Cl)S(=O)(=O)c1ccccc1. The Bertz CT molecular complexity index is 1860. The second kappa shape index (κ2) is 15.4. The van der Waals surface area contributed by atoms with E-state index in [4.69, 9.17) is 11.6 Å². The van der Waals surface area contributed by atoms with E-state index in [1.54, 1.807) is 36.4 Å². The monoisotopic (exact) mass is 715 g/mol. The van der Waals surface area contributed by atoms with E-state index in [9.17, 15) is 35.6 Å². The summed E-state index contributed by atoms with van der Waals surface area (Å²) in [6.45, 7) is -1.23. The fourth-order valence-electron chi connectivity index (χ4n) is 5.82. The van der Waals surface area contributed by atoms with E-state index in [0.717, 1.165) is 31.7 Å². The topological polar surface area (TPSA) is 86.8 Å². The maximum atomic E-state index is 14.5. The fraction of sp³-hybridized carbons (Fsp3) is 0.278. The van der Waals surface area contributed by atoms with Crippen molar-refractivity contribution in [1.29, 1.82) is 0 Å². The Morgan fingerprint density at radius 3 is 2.08 bits per heavy atom. The van der Waals surface area contributed by atoms with Crippen LogP contribution in [0.5, 0.6) is 0 Å². The minimum Gasteiger partial charge on any atom is -0.352 e. The Morgan fingerprint density at radius 2 is 1.47 bits per heavy atom. The largest absolute Gasteiger partial charge is 0.416 e. The molecular formula is C36H34ClF4N3O4S. The van der Waals surface area contributed by atoms with Gasteiger partial charge in [-0.2, -0.15) is 13.2 Å². The van der Waals surface area contributed by atoms with E-state index in [1.807, 2.05) is 0 Å². The summed E-state index contributed by atoms with van der Waals surface area (Å²) in [6.07, 6.45) is -1.44. The van der Waals surface area contributed by atoms with Crippen LogP contribution >= 0.6 is 11.6 Å². The quantitative estimate of drug-likeness (QED) is 0.155. The summed E-state index contributed by atoms with van der Waals surface area (Å²) in [4.78, 5) is 29.5. The lowest BCUT2D eigenvalue weighted by Gasteiger charge is -2.34. The number of hydrogen-bond acceptors (Lipinski definition) is 4. The number of benzene rings is 4. The van der Waals surface area contributed by atoms with Crippen molar-refractivity contribution in [3.63, 3.8) is 0 Å². The van der Waals surface area contributed by atoms with Gasteiger partial charge < -0.3 is 10.2 Å². The van der Waals surface area contributed by atoms with Crippen LogP contribution in [0.2, 0.25) is 5.02 Å². The number of sulfonamides is 1. The molecule has 1 N–H and O–H groups in total. The van der Waals surface area contributed by atoms with Crippen LogP contribution in [0.1, 0.15) is 42.4 Å². The molecule has 258 valence electrons. The first-order chi connectivity index (χ1) is 23.3. The van der Waals surface area contributed by atoms with Gasteiger partial charge in [-0.05, 0) is 66.4 Å². The number of alkyl halides is 3. The average molecular weight is 716 g/mol. The van der Waals surface area contributed by atoms with Crippen molar-refractivity contribution >= 4 is 39.1 Å². The van der Waals surface area contributed by atoms with Gasteiger partial charge in [0.05, 0.1) is 21.2 Å². The normalized spacial score (nSPS) is 14.3. The molecule has 1 atom stereocenters. The van der Waals surface area contributed by atoms with E-state index < -0.39 is 57.7 Å². The molecule has 1 aliphatic rings. The van der Waals surface area contributed by atoms with Gasteiger partial charge in [0.25, 0.3) is 10.0 Å². The zero-order valence-electron chi connectivity index (χ0n) is 26.2. The Kier molecular flexibility index (Phi) is 11.3. The van der Waals surface area contributed by atoms with Crippen molar-refractivity contribution < 1.29 is 35.6 Å². The number of carbonyl (C=O) groups is 2. The first-order valence-corrected chi connectivity index (χ1v) is 17.5. The van der Waals surface area contributed by atoms with E-state index in [-0.39, 0.29) is 28.9 Å². The van der Waals surface area contributed by atoms with Crippen molar-refractivity contribution in [2.45, 2.75) is 61.8 Å². The van der Waals surface area contributed by atoms with Crippen LogP contribution in [0.25, 0.3) is 0 Å². The predicted octanol–water partition coefficient (Wildman–Crippen LogP) is 7.39. The third-order valence-corrected chi connectivity index (χ3v) is 10.5. The Hall–Kier alpha value is -4.42. The van der Waals surface area contributed by atoms with E-state index in [2.05, 4.69) is 5.32 Å². The summed E-state index contributed by atoms with van der Waals surface area (Å²) in [5, 5.41) is 2.69. The fourth-order valence-corrected chi connectivity index (χ4v) is 7.54.